The minimum Gasteiger partial charge on any atom is -0.275 e. The molecule has 19 heavy (non-hydrogen) atoms. The lowest BCUT2D eigenvalue weighted by molar-refractivity contribution is 0.957. The van der Waals surface area contributed by atoms with Gasteiger partial charge < -0.3 is 0 Å². The van der Waals surface area contributed by atoms with Crippen LogP contribution in [0.3, 0.4) is 0 Å². The Morgan fingerprint density at radius 3 is 2.63 bits per heavy atom. The number of thioether (sulfide) groups is 1. The Bertz CT molecular complexity index is 748. The minimum absolute atomic E-state index is 0.732. The van der Waals surface area contributed by atoms with Crippen LogP contribution in [0.4, 0.5) is 0 Å². The van der Waals surface area contributed by atoms with Crippen LogP contribution in [0.1, 0.15) is 11.3 Å². The van der Waals surface area contributed by atoms with Crippen LogP contribution in [-0.4, -0.2) is 26.4 Å². The molecule has 2 aromatic heterocycles. The number of hydrogen-bond acceptors (Lipinski definition) is 4. The summed E-state index contributed by atoms with van der Waals surface area (Å²) >= 11 is 1.53. The SMILES string of the molecule is CSc1nc(C)c2c(-c3ccccc3C)[nH]nc2n1. The number of rotatable bonds is 2. The normalized spacial score (nSPS) is 11.1. The standard InChI is InChI=1S/C14H14N4S/c1-8-6-4-5-7-10(8)12-11-9(2)15-14(19-3)16-13(11)18-17-12/h4-7H,1-3H3,(H,15,16,17,18). The second-order valence-corrected chi connectivity index (χ2v) is 5.18. The van der Waals surface area contributed by atoms with Crippen LogP contribution in [-0.2, 0) is 0 Å². The van der Waals surface area contributed by atoms with E-state index in [4.69, 9.17) is 0 Å². The van der Waals surface area contributed by atoms with Crippen molar-refractivity contribution in [1.82, 2.24) is 20.2 Å². The predicted octanol–water partition coefficient (Wildman–Crippen LogP) is 3.36. The highest BCUT2D eigenvalue weighted by Crippen LogP contribution is 2.30. The van der Waals surface area contributed by atoms with Gasteiger partial charge in [0.1, 0.15) is 0 Å². The summed E-state index contributed by atoms with van der Waals surface area (Å²) < 4.78 is 0. The maximum Gasteiger partial charge on any atom is 0.189 e. The molecular weight excluding hydrogens is 256 g/mol. The highest BCUT2D eigenvalue weighted by molar-refractivity contribution is 7.98. The molecule has 0 aliphatic heterocycles. The first-order chi connectivity index (χ1) is 9.20. The average molecular weight is 270 g/mol. The number of nitrogens with zero attached hydrogens (tertiary/aromatic N) is 3. The molecule has 0 amide bonds. The molecule has 0 bridgehead atoms. The molecule has 0 saturated carbocycles. The molecule has 96 valence electrons. The Labute approximate surface area is 115 Å². The Morgan fingerprint density at radius 1 is 1.11 bits per heavy atom. The third kappa shape index (κ3) is 2.00. The zero-order chi connectivity index (χ0) is 13.4. The van der Waals surface area contributed by atoms with E-state index in [1.165, 1.54) is 17.3 Å². The quantitative estimate of drug-likeness (QED) is 0.573. The van der Waals surface area contributed by atoms with Gasteiger partial charge in [-0.1, -0.05) is 36.0 Å². The van der Waals surface area contributed by atoms with Gasteiger partial charge in [0.25, 0.3) is 0 Å². The molecule has 4 nitrogen and oxygen atoms in total. The van der Waals surface area contributed by atoms with Crippen molar-refractivity contribution in [1.29, 1.82) is 0 Å². The molecule has 0 radical (unpaired) electrons. The van der Waals surface area contributed by atoms with Gasteiger partial charge in [-0.25, -0.2) is 9.97 Å². The first kappa shape index (κ1) is 12.2. The molecule has 0 atom stereocenters. The van der Waals surface area contributed by atoms with E-state index >= 15 is 0 Å². The van der Waals surface area contributed by atoms with Gasteiger partial charge in [-0.2, -0.15) is 5.10 Å². The summed E-state index contributed by atoms with van der Waals surface area (Å²) in [6.45, 7) is 4.09. The summed E-state index contributed by atoms with van der Waals surface area (Å²) in [5.74, 6) is 0. The van der Waals surface area contributed by atoms with Gasteiger partial charge in [0.2, 0.25) is 0 Å². The van der Waals surface area contributed by atoms with Crippen LogP contribution < -0.4 is 0 Å². The van der Waals surface area contributed by atoms with Gasteiger partial charge in [0, 0.05) is 5.56 Å². The summed E-state index contributed by atoms with van der Waals surface area (Å²) in [7, 11) is 0. The van der Waals surface area contributed by atoms with Crippen LogP contribution in [0.25, 0.3) is 22.3 Å². The summed E-state index contributed by atoms with van der Waals surface area (Å²) in [6.07, 6.45) is 1.97. The second-order valence-electron chi connectivity index (χ2n) is 4.41. The maximum atomic E-state index is 4.50. The summed E-state index contributed by atoms with van der Waals surface area (Å²) in [5.41, 5.74) is 5.05. The number of aromatic amines is 1. The highest BCUT2D eigenvalue weighted by Gasteiger charge is 2.14. The number of nitrogens with one attached hydrogen (secondary N) is 1. The maximum absolute atomic E-state index is 4.50. The van der Waals surface area contributed by atoms with Gasteiger partial charge >= 0.3 is 0 Å². The monoisotopic (exact) mass is 270 g/mol. The van der Waals surface area contributed by atoms with Crippen molar-refractivity contribution in [2.75, 3.05) is 6.26 Å². The van der Waals surface area contributed by atoms with Crippen LogP contribution in [0.2, 0.25) is 0 Å². The molecule has 1 aromatic carbocycles. The molecule has 0 fully saturated rings. The lowest BCUT2D eigenvalue weighted by Gasteiger charge is -2.05. The van der Waals surface area contributed by atoms with Crippen molar-refractivity contribution in [3.05, 3.63) is 35.5 Å². The largest absolute Gasteiger partial charge is 0.275 e. The van der Waals surface area contributed by atoms with E-state index in [-0.39, 0.29) is 0 Å². The summed E-state index contributed by atoms with van der Waals surface area (Å²) in [6, 6.07) is 8.24. The third-order valence-corrected chi connectivity index (χ3v) is 3.72. The Hall–Kier alpha value is -1.88. The van der Waals surface area contributed by atoms with E-state index in [0.717, 1.165) is 33.1 Å². The number of fused-ring (bicyclic) bond motifs is 1. The highest BCUT2D eigenvalue weighted by atomic mass is 32.2. The molecular formula is C14H14N4S. The van der Waals surface area contributed by atoms with Crippen molar-refractivity contribution >= 4 is 22.8 Å². The average Bonchev–Trinajstić information content (AvgIpc) is 2.83. The van der Waals surface area contributed by atoms with E-state index in [0.29, 0.717) is 0 Å². The molecule has 3 rings (SSSR count). The van der Waals surface area contributed by atoms with E-state index in [1.807, 2.05) is 25.3 Å². The predicted molar refractivity (Wildman–Crippen MR) is 78.4 cm³/mol. The lowest BCUT2D eigenvalue weighted by atomic mass is 10.0. The van der Waals surface area contributed by atoms with Crippen molar-refractivity contribution in [3.63, 3.8) is 0 Å². The first-order valence-electron chi connectivity index (χ1n) is 6.03. The van der Waals surface area contributed by atoms with Gasteiger partial charge in [-0.05, 0) is 25.7 Å². The van der Waals surface area contributed by atoms with E-state index in [2.05, 4.69) is 39.2 Å². The van der Waals surface area contributed by atoms with Crippen molar-refractivity contribution < 1.29 is 0 Å². The minimum atomic E-state index is 0.732. The topological polar surface area (TPSA) is 54.5 Å². The number of aromatic nitrogens is 4. The molecule has 0 spiro atoms. The fourth-order valence-electron chi connectivity index (χ4n) is 2.21. The van der Waals surface area contributed by atoms with Gasteiger partial charge in [-0.15, -0.1) is 0 Å². The lowest BCUT2D eigenvalue weighted by Crippen LogP contribution is -1.92. The molecule has 5 heteroatoms. The van der Waals surface area contributed by atoms with Gasteiger partial charge in [0.15, 0.2) is 10.8 Å². The summed E-state index contributed by atoms with van der Waals surface area (Å²) in [4.78, 5) is 8.94. The van der Waals surface area contributed by atoms with Crippen molar-refractivity contribution in [2.45, 2.75) is 19.0 Å². The van der Waals surface area contributed by atoms with E-state index < -0.39 is 0 Å². The zero-order valence-electron chi connectivity index (χ0n) is 11.1. The fraction of sp³-hybridized carbons (Fsp3) is 0.214. The van der Waals surface area contributed by atoms with Crippen molar-refractivity contribution in [2.24, 2.45) is 0 Å². The molecule has 1 N–H and O–H groups in total. The molecule has 0 saturated heterocycles. The second kappa shape index (κ2) is 4.66. The Kier molecular flexibility index (Phi) is 2.98. The zero-order valence-corrected chi connectivity index (χ0v) is 11.9. The Balaban J connectivity index is 2.29. The molecule has 0 aliphatic carbocycles. The fourth-order valence-corrected chi connectivity index (χ4v) is 2.62. The number of H-pyrrole nitrogens is 1. The number of hydrogen-bond donors (Lipinski definition) is 1. The number of aryl methyl sites for hydroxylation is 2. The Morgan fingerprint density at radius 2 is 1.89 bits per heavy atom. The van der Waals surface area contributed by atoms with Crippen LogP contribution in [0.5, 0.6) is 0 Å². The van der Waals surface area contributed by atoms with Gasteiger partial charge in [0.05, 0.1) is 16.8 Å². The van der Waals surface area contributed by atoms with E-state index in [9.17, 15) is 0 Å². The van der Waals surface area contributed by atoms with E-state index in [1.54, 1.807) is 0 Å². The van der Waals surface area contributed by atoms with Crippen molar-refractivity contribution in [3.8, 4) is 11.3 Å². The van der Waals surface area contributed by atoms with Crippen LogP contribution >= 0.6 is 11.8 Å². The first-order valence-corrected chi connectivity index (χ1v) is 7.26. The van der Waals surface area contributed by atoms with Gasteiger partial charge in [-0.3, -0.25) is 5.10 Å². The molecule has 0 unspecified atom stereocenters. The summed E-state index contributed by atoms with van der Waals surface area (Å²) in [5, 5.41) is 9.18. The third-order valence-electron chi connectivity index (χ3n) is 3.17. The number of benzene rings is 1. The molecule has 0 aliphatic rings. The van der Waals surface area contributed by atoms with Crippen LogP contribution in [0.15, 0.2) is 29.4 Å². The molecule has 2 heterocycles. The molecule has 3 aromatic rings. The smallest absolute Gasteiger partial charge is 0.189 e. The van der Waals surface area contributed by atoms with Crippen LogP contribution in [0, 0.1) is 13.8 Å².